The van der Waals surface area contributed by atoms with Crippen molar-refractivity contribution in [3.05, 3.63) is 40.3 Å². The molecule has 7 nitrogen and oxygen atoms in total. The molecule has 23 heavy (non-hydrogen) atoms. The van der Waals surface area contributed by atoms with Crippen LogP contribution in [0.15, 0.2) is 18.2 Å². The minimum atomic E-state index is -0.333. The van der Waals surface area contributed by atoms with Gasteiger partial charge >= 0.3 is 0 Å². The third-order valence-corrected chi connectivity index (χ3v) is 3.85. The third kappa shape index (κ3) is 3.52. The van der Waals surface area contributed by atoms with Gasteiger partial charge in [-0.1, -0.05) is 11.6 Å². The normalized spacial score (nSPS) is 15.6. The zero-order valence-electron chi connectivity index (χ0n) is 13.0. The van der Waals surface area contributed by atoms with Gasteiger partial charge in [0.25, 0.3) is 5.91 Å². The lowest BCUT2D eigenvalue weighted by Gasteiger charge is -2.26. The van der Waals surface area contributed by atoms with Crippen molar-refractivity contribution in [2.45, 2.75) is 13.8 Å². The van der Waals surface area contributed by atoms with E-state index in [1.807, 2.05) is 19.9 Å². The second-order valence-electron chi connectivity index (χ2n) is 5.38. The Morgan fingerprint density at radius 1 is 1.30 bits per heavy atom. The summed E-state index contributed by atoms with van der Waals surface area (Å²) < 4.78 is 6.95. The third-order valence-electron chi connectivity index (χ3n) is 3.54. The van der Waals surface area contributed by atoms with Crippen molar-refractivity contribution in [3.63, 3.8) is 0 Å². The first-order chi connectivity index (χ1) is 11.0. The van der Waals surface area contributed by atoms with Crippen LogP contribution >= 0.6 is 11.6 Å². The molecule has 1 aliphatic rings. The van der Waals surface area contributed by atoms with Crippen molar-refractivity contribution in [1.82, 2.24) is 25.2 Å². The molecule has 2 aromatic rings. The number of carbonyl (C=O) groups excluding carboxylic acids is 1. The van der Waals surface area contributed by atoms with Gasteiger partial charge in [0.1, 0.15) is 0 Å². The summed E-state index contributed by atoms with van der Waals surface area (Å²) in [5, 5.41) is 6.49. The Hall–Kier alpha value is -1.96. The molecule has 0 radical (unpaired) electrons. The Kier molecular flexibility index (Phi) is 4.61. The van der Waals surface area contributed by atoms with Crippen molar-refractivity contribution in [2.24, 2.45) is 0 Å². The van der Waals surface area contributed by atoms with Gasteiger partial charge in [-0.2, -0.15) is 5.10 Å². The van der Waals surface area contributed by atoms with Crippen LogP contribution in [0.25, 0.3) is 5.82 Å². The maximum absolute atomic E-state index is 12.4. The number of rotatable bonds is 3. The van der Waals surface area contributed by atoms with Crippen LogP contribution in [0.3, 0.4) is 0 Å². The molecule has 0 aliphatic carbocycles. The molecule has 1 N–H and O–H groups in total. The minimum absolute atomic E-state index is 0.184. The number of pyridine rings is 1. The molecule has 1 aliphatic heterocycles. The summed E-state index contributed by atoms with van der Waals surface area (Å²) in [6.45, 7) is 6.30. The molecular formula is C15H18ClN5O2. The Labute approximate surface area is 139 Å². The fraction of sp³-hybridized carbons (Fsp3) is 0.400. The predicted octanol–water partition coefficient (Wildman–Crippen LogP) is 1.51. The Bertz CT molecular complexity index is 725. The number of halogens is 1. The first kappa shape index (κ1) is 15.9. The first-order valence-electron chi connectivity index (χ1n) is 7.38. The average molecular weight is 336 g/mol. The number of morpholine rings is 1. The van der Waals surface area contributed by atoms with E-state index in [9.17, 15) is 4.79 Å². The first-order valence-corrected chi connectivity index (χ1v) is 7.76. The maximum atomic E-state index is 12.4. The monoisotopic (exact) mass is 335 g/mol. The van der Waals surface area contributed by atoms with E-state index in [2.05, 4.69) is 15.5 Å². The van der Waals surface area contributed by atoms with Crippen molar-refractivity contribution in [2.75, 3.05) is 26.3 Å². The second kappa shape index (κ2) is 6.66. The van der Waals surface area contributed by atoms with Crippen LogP contribution in [0, 0.1) is 13.8 Å². The van der Waals surface area contributed by atoms with Crippen LogP contribution < -0.4 is 5.43 Å². The molecule has 0 saturated carbocycles. The standard InChI is InChI=1S/C15H18ClN5O2/c1-10-9-11(2)21(18-10)13-4-3-12(16)14(17-13)15(22)19-20-5-7-23-8-6-20/h3-4,9H,5-8H2,1-2H3,(H,19,22). The number of hydrogen-bond acceptors (Lipinski definition) is 5. The summed E-state index contributed by atoms with van der Waals surface area (Å²) in [5.74, 6) is 0.229. The predicted molar refractivity (Wildman–Crippen MR) is 85.7 cm³/mol. The minimum Gasteiger partial charge on any atom is -0.379 e. The summed E-state index contributed by atoms with van der Waals surface area (Å²) in [7, 11) is 0. The van der Waals surface area contributed by atoms with E-state index in [0.29, 0.717) is 37.1 Å². The molecule has 0 bridgehead atoms. The quantitative estimate of drug-likeness (QED) is 0.920. The van der Waals surface area contributed by atoms with E-state index < -0.39 is 0 Å². The molecule has 0 atom stereocenters. The van der Waals surface area contributed by atoms with E-state index in [4.69, 9.17) is 16.3 Å². The van der Waals surface area contributed by atoms with Gasteiger partial charge in [-0.05, 0) is 32.0 Å². The number of nitrogens with zero attached hydrogens (tertiary/aromatic N) is 4. The molecule has 8 heteroatoms. The summed E-state index contributed by atoms with van der Waals surface area (Å²) in [6.07, 6.45) is 0. The van der Waals surface area contributed by atoms with Crippen LogP contribution in [0.2, 0.25) is 5.02 Å². The lowest BCUT2D eigenvalue weighted by Crippen LogP contribution is -2.48. The molecule has 0 aromatic carbocycles. The highest BCUT2D eigenvalue weighted by Crippen LogP contribution is 2.18. The van der Waals surface area contributed by atoms with E-state index in [-0.39, 0.29) is 11.6 Å². The number of nitrogens with one attached hydrogen (secondary N) is 1. The Morgan fingerprint density at radius 3 is 2.70 bits per heavy atom. The molecule has 2 aromatic heterocycles. The van der Waals surface area contributed by atoms with Crippen molar-refractivity contribution >= 4 is 17.5 Å². The molecule has 122 valence electrons. The summed E-state index contributed by atoms with van der Waals surface area (Å²) in [5.41, 5.74) is 4.82. The fourth-order valence-electron chi connectivity index (χ4n) is 2.44. The summed E-state index contributed by atoms with van der Waals surface area (Å²) in [4.78, 5) is 16.8. The number of aromatic nitrogens is 3. The van der Waals surface area contributed by atoms with Crippen molar-refractivity contribution in [1.29, 1.82) is 0 Å². The largest absolute Gasteiger partial charge is 0.379 e. The van der Waals surface area contributed by atoms with E-state index >= 15 is 0 Å². The van der Waals surface area contributed by atoms with Crippen LogP contribution in [-0.4, -0.2) is 52.0 Å². The number of hydrazine groups is 1. The van der Waals surface area contributed by atoms with Gasteiger partial charge in [0.15, 0.2) is 11.5 Å². The fourth-order valence-corrected chi connectivity index (χ4v) is 2.63. The van der Waals surface area contributed by atoms with Gasteiger partial charge in [0, 0.05) is 18.8 Å². The number of hydrogen-bond donors (Lipinski definition) is 1. The maximum Gasteiger partial charge on any atom is 0.285 e. The van der Waals surface area contributed by atoms with E-state index in [1.54, 1.807) is 21.8 Å². The molecule has 0 spiro atoms. The molecular weight excluding hydrogens is 318 g/mol. The Balaban J connectivity index is 1.85. The van der Waals surface area contributed by atoms with Gasteiger partial charge in [-0.15, -0.1) is 0 Å². The zero-order valence-corrected chi connectivity index (χ0v) is 13.8. The molecule has 1 saturated heterocycles. The van der Waals surface area contributed by atoms with Crippen LogP contribution in [0.1, 0.15) is 21.9 Å². The van der Waals surface area contributed by atoms with E-state index in [0.717, 1.165) is 11.4 Å². The molecule has 3 heterocycles. The van der Waals surface area contributed by atoms with Gasteiger partial charge in [0.2, 0.25) is 0 Å². The molecule has 1 amide bonds. The molecule has 0 unspecified atom stereocenters. The van der Waals surface area contributed by atoms with Crippen molar-refractivity contribution < 1.29 is 9.53 Å². The van der Waals surface area contributed by atoms with Crippen molar-refractivity contribution in [3.8, 4) is 5.82 Å². The van der Waals surface area contributed by atoms with Crippen LogP contribution in [0.4, 0.5) is 0 Å². The van der Waals surface area contributed by atoms with Gasteiger partial charge in [-0.3, -0.25) is 10.2 Å². The SMILES string of the molecule is Cc1cc(C)n(-c2ccc(Cl)c(C(=O)NN3CCOCC3)n2)n1. The number of ether oxygens (including phenoxy) is 1. The highest BCUT2D eigenvalue weighted by molar-refractivity contribution is 6.33. The summed E-state index contributed by atoms with van der Waals surface area (Å²) >= 11 is 6.15. The zero-order chi connectivity index (χ0) is 16.4. The lowest BCUT2D eigenvalue weighted by atomic mass is 10.3. The van der Waals surface area contributed by atoms with Crippen LogP contribution in [-0.2, 0) is 4.74 Å². The topological polar surface area (TPSA) is 72.3 Å². The average Bonchev–Trinajstić information content (AvgIpc) is 2.87. The van der Waals surface area contributed by atoms with Gasteiger partial charge < -0.3 is 4.74 Å². The Morgan fingerprint density at radius 2 is 2.04 bits per heavy atom. The number of aryl methyl sites for hydroxylation is 2. The highest BCUT2D eigenvalue weighted by Gasteiger charge is 2.19. The smallest absolute Gasteiger partial charge is 0.285 e. The highest BCUT2D eigenvalue weighted by atomic mass is 35.5. The number of amides is 1. The van der Waals surface area contributed by atoms with Crippen LogP contribution in [0.5, 0.6) is 0 Å². The second-order valence-corrected chi connectivity index (χ2v) is 5.79. The summed E-state index contributed by atoms with van der Waals surface area (Å²) in [6, 6.07) is 5.35. The van der Waals surface area contributed by atoms with E-state index in [1.165, 1.54) is 0 Å². The molecule has 3 rings (SSSR count). The van der Waals surface area contributed by atoms with Gasteiger partial charge in [0.05, 0.1) is 23.9 Å². The van der Waals surface area contributed by atoms with Gasteiger partial charge in [-0.25, -0.2) is 14.7 Å². The lowest BCUT2D eigenvalue weighted by molar-refractivity contribution is 0.0124. The number of carbonyl (C=O) groups is 1. The molecule has 1 fully saturated rings.